The Hall–Kier alpha value is -4.28. The van der Waals surface area contributed by atoms with Crippen molar-refractivity contribution in [2.45, 2.75) is 24.5 Å². The number of nitro benzene ring substituents is 1. The average Bonchev–Trinajstić information content (AvgIpc) is 3.20. The van der Waals surface area contributed by atoms with Crippen LogP contribution < -0.4 is 5.32 Å². The Bertz CT molecular complexity index is 1230. The van der Waals surface area contributed by atoms with Crippen molar-refractivity contribution in [2.75, 3.05) is 13.2 Å². The summed E-state index contributed by atoms with van der Waals surface area (Å²) in [6.45, 7) is -0.0127. The first-order chi connectivity index (χ1) is 17.3. The molecule has 0 aliphatic heterocycles. The number of carbonyl (C=O) groups excluding carboxylic acids is 1. The topological polar surface area (TPSA) is 159 Å². The van der Waals surface area contributed by atoms with Crippen molar-refractivity contribution in [3.05, 3.63) is 99.1 Å². The molecule has 10 heteroatoms. The molecule has 2 unspecified atom stereocenters. The largest absolute Gasteiger partial charge is 0.478 e. The Morgan fingerprint density at radius 3 is 2.17 bits per heavy atom. The molecule has 4 N–H and O–H groups in total. The van der Waals surface area contributed by atoms with Crippen LogP contribution in [0.3, 0.4) is 0 Å². The number of nitrogens with zero attached hydrogens (tertiary/aromatic N) is 1. The highest BCUT2D eigenvalue weighted by atomic mass is 16.6. The lowest BCUT2D eigenvalue weighted by Gasteiger charge is -2.20. The highest BCUT2D eigenvalue weighted by molar-refractivity contribution is 5.91. The summed E-state index contributed by atoms with van der Waals surface area (Å²) < 4.78 is 5.41. The Morgan fingerprint density at radius 1 is 0.972 bits per heavy atom. The van der Waals surface area contributed by atoms with E-state index in [1.54, 1.807) is 0 Å². The number of hydrogen-bond acceptors (Lipinski definition) is 7. The number of carbonyl (C=O) groups is 2. The van der Waals surface area contributed by atoms with Crippen molar-refractivity contribution >= 4 is 17.7 Å². The van der Waals surface area contributed by atoms with Gasteiger partial charge in [-0.15, -0.1) is 0 Å². The fourth-order valence-electron chi connectivity index (χ4n) is 4.53. The van der Waals surface area contributed by atoms with Gasteiger partial charge in [0.25, 0.3) is 5.69 Å². The summed E-state index contributed by atoms with van der Waals surface area (Å²) in [4.78, 5) is 34.2. The molecule has 10 nitrogen and oxygen atoms in total. The number of aliphatic hydroxyl groups excluding tert-OH is 2. The molecule has 3 aromatic rings. The fourth-order valence-corrected chi connectivity index (χ4v) is 4.53. The van der Waals surface area contributed by atoms with Gasteiger partial charge in [-0.3, -0.25) is 10.1 Å². The molecule has 3 aromatic carbocycles. The third kappa shape index (κ3) is 4.90. The first-order valence-corrected chi connectivity index (χ1v) is 11.2. The first kappa shape index (κ1) is 24.8. The van der Waals surface area contributed by atoms with Crippen LogP contribution in [0.5, 0.6) is 0 Å². The predicted octanol–water partition coefficient (Wildman–Crippen LogP) is 3.62. The molecule has 36 heavy (non-hydrogen) atoms. The minimum Gasteiger partial charge on any atom is -0.478 e. The van der Waals surface area contributed by atoms with E-state index in [-0.39, 0.29) is 25.5 Å². The summed E-state index contributed by atoms with van der Waals surface area (Å²) >= 11 is 0. The summed E-state index contributed by atoms with van der Waals surface area (Å²) in [6, 6.07) is 19.1. The van der Waals surface area contributed by atoms with Gasteiger partial charge in [0.1, 0.15) is 12.7 Å². The summed E-state index contributed by atoms with van der Waals surface area (Å²) in [5.41, 5.74) is 2.70. The Balaban J connectivity index is 1.34. The zero-order chi connectivity index (χ0) is 25.8. The second-order valence-corrected chi connectivity index (χ2v) is 8.35. The van der Waals surface area contributed by atoms with Gasteiger partial charge in [0.2, 0.25) is 0 Å². The number of alkyl carbamates (subject to hydrolysis) is 1. The SMILES string of the molecule is O=C(NCCC(O)C(O)c1c(C(=O)O)cccc1[N+](=O)[O-])OCC1c2ccccc2-c2ccccc21. The second kappa shape index (κ2) is 10.5. The third-order valence-corrected chi connectivity index (χ3v) is 6.22. The summed E-state index contributed by atoms with van der Waals surface area (Å²) in [6.07, 6.45) is -4.34. The van der Waals surface area contributed by atoms with Gasteiger partial charge in [-0.05, 0) is 34.7 Å². The monoisotopic (exact) mass is 492 g/mol. The van der Waals surface area contributed by atoms with Crippen molar-refractivity contribution in [2.24, 2.45) is 0 Å². The van der Waals surface area contributed by atoms with Gasteiger partial charge in [0.05, 0.1) is 22.2 Å². The lowest BCUT2D eigenvalue weighted by Crippen LogP contribution is -2.31. The predicted molar refractivity (Wildman–Crippen MR) is 129 cm³/mol. The molecule has 0 fully saturated rings. The minimum absolute atomic E-state index is 0.100. The van der Waals surface area contributed by atoms with Crippen molar-refractivity contribution in [3.8, 4) is 11.1 Å². The molecular formula is C26H24N2O8. The van der Waals surface area contributed by atoms with E-state index in [1.807, 2.05) is 48.5 Å². The molecule has 0 aromatic heterocycles. The van der Waals surface area contributed by atoms with Crippen molar-refractivity contribution in [1.82, 2.24) is 5.32 Å². The number of carboxylic acid groups (broad SMARTS) is 1. The standard InChI is InChI=1S/C26H24N2O8/c29-22(24(30)23-19(25(31)32)10-5-11-21(23)28(34)35)12-13-27-26(33)36-14-20-17-8-3-1-6-15(17)16-7-2-4-9-18(16)20/h1-11,20,22,24,29-30H,12-14H2,(H,27,33)(H,31,32). The molecule has 0 saturated heterocycles. The van der Waals surface area contributed by atoms with E-state index in [0.29, 0.717) is 0 Å². The summed E-state index contributed by atoms with van der Waals surface area (Å²) in [5.74, 6) is -1.60. The van der Waals surface area contributed by atoms with Crippen LogP contribution in [0.15, 0.2) is 66.7 Å². The van der Waals surface area contributed by atoms with Crippen LogP contribution in [0.4, 0.5) is 10.5 Å². The maximum absolute atomic E-state index is 12.3. The number of nitro groups is 1. The number of aromatic carboxylic acids is 1. The maximum atomic E-state index is 12.3. The van der Waals surface area contributed by atoms with Gasteiger partial charge in [-0.1, -0.05) is 54.6 Å². The number of nitrogens with one attached hydrogen (secondary N) is 1. The third-order valence-electron chi connectivity index (χ3n) is 6.22. The average molecular weight is 492 g/mol. The van der Waals surface area contributed by atoms with Gasteiger partial charge in [-0.2, -0.15) is 0 Å². The molecule has 4 rings (SSSR count). The van der Waals surface area contributed by atoms with E-state index >= 15 is 0 Å². The maximum Gasteiger partial charge on any atom is 0.407 e. The van der Waals surface area contributed by atoms with Gasteiger partial charge < -0.3 is 25.4 Å². The van der Waals surface area contributed by atoms with E-state index in [0.717, 1.165) is 34.4 Å². The van der Waals surface area contributed by atoms with Crippen LogP contribution in [-0.2, 0) is 4.74 Å². The Labute approximate surface area is 205 Å². The van der Waals surface area contributed by atoms with E-state index in [4.69, 9.17) is 4.74 Å². The number of fused-ring (bicyclic) bond motifs is 3. The van der Waals surface area contributed by atoms with Crippen LogP contribution in [0.2, 0.25) is 0 Å². The van der Waals surface area contributed by atoms with E-state index in [2.05, 4.69) is 5.32 Å². The summed E-state index contributed by atoms with van der Waals surface area (Å²) in [7, 11) is 0. The molecule has 1 aliphatic carbocycles. The van der Waals surface area contributed by atoms with Crippen LogP contribution in [0, 0.1) is 10.1 Å². The fraction of sp³-hybridized carbons (Fsp3) is 0.231. The molecule has 1 aliphatic rings. The molecule has 0 radical (unpaired) electrons. The van der Waals surface area contributed by atoms with Crippen molar-refractivity contribution in [3.63, 3.8) is 0 Å². The number of benzene rings is 3. The molecule has 0 saturated carbocycles. The van der Waals surface area contributed by atoms with Gasteiger partial charge >= 0.3 is 12.1 Å². The smallest absolute Gasteiger partial charge is 0.407 e. The minimum atomic E-state index is -1.85. The van der Waals surface area contributed by atoms with E-state index in [9.17, 15) is 35.0 Å². The number of carboxylic acids is 1. The quantitative estimate of drug-likeness (QED) is 0.260. The first-order valence-electron chi connectivity index (χ1n) is 11.2. The Kier molecular flexibility index (Phi) is 7.28. The normalized spacial score (nSPS) is 13.8. The number of amides is 1. The van der Waals surface area contributed by atoms with Crippen molar-refractivity contribution in [1.29, 1.82) is 0 Å². The second-order valence-electron chi connectivity index (χ2n) is 8.35. The Morgan fingerprint density at radius 2 is 1.58 bits per heavy atom. The van der Waals surface area contributed by atoms with Crippen molar-refractivity contribution < 1.29 is 34.6 Å². The van der Waals surface area contributed by atoms with Crippen LogP contribution in [0.25, 0.3) is 11.1 Å². The van der Waals surface area contributed by atoms with Crippen LogP contribution in [0.1, 0.15) is 45.5 Å². The lowest BCUT2D eigenvalue weighted by molar-refractivity contribution is -0.386. The van der Waals surface area contributed by atoms with Gasteiger partial charge in [-0.25, -0.2) is 9.59 Å². The zero-order valence-corrected chi connectivity index (χ0v) is 19.0. The summed E-state index contributed by atoms with van der Waals surface area (Å²) in [5, 5.41) is 44.0. The van der Waals surface area contributed by atoms with E-state index in [1.165, 1.54) is 6.07 Å². The zero-order valence-electron chi connectivity index (χ0n) is 19.0. The van der Waals surface area contributed by atoms with Gasteiger partial charge in [0, 0.05) is 18.5 Å². The number of aliphatic hydroxyl groups is 2. The highest BCUT2D eigenvalue weighted by Gasteiger charge is 2.32. The molecule has 2 atom stereocenters. The van der Waals surface area contributed by atoms with E-state index < -0.39 is 46.0 Å². The molecule has 0 heterocycles. The van der Waals surface area contributed by atoms with Crippen LogP contribution in [-0.4, -0.2) is 51.6 Å². The lowest BCUT2D eigenvalue weighted by atomic mass is 9.95. The van der Waals surface area contributed by atoms with Crippen LogP contribution >= 0.6 is 0 Å². The number of hydrogen-bond donors (Lipinski definition) is 4. The molecular weight excluding hydrogens is 468 g/mol. The highest BCUT2D eigenvalue weighted by Crippen LogP contribution is 2.44. The molecule has 0 spiro atoms. The van der Waals surface area contributed by atoms with Gasteiger partial charge in [0.15, 0.2) is 0 Å². The molecule has 186 valence electrons. The molecule has 0 bridgehead atoms. The molecule has 1 amide bonds. The number of ether oxygens (including phenoxy) is 1. The number of rotatable bonds is 9.